The monoisotopic (exact) mass is 486 g/mol. The van der Waals surface area contributed by atoms with Gasteiger partial charge in [0, 0.05) is 29.7 Å². The number of imidazole rings is 1. The van der Waals surface area contributed by atoms with Crippen LogP contribution in [0.2, 0.25) is 0 Å². The predicted octanol–water partition coefficient (Wildman–Crippen LogP) is 6.69. The van der Waals surface area contributed by atoms with Crippen LogP contribution in [-0.4, -0.2) is 21.3 Å². The van der Waals surface area contributed by atoms with Crippen LogP contribution in [0.3, 0.4) is 0 Å². The van der Waals surface area contributed by atoms with Crippen molar-refractivity contribution in [2.45, 2.75) is 30.9 Å². The molecule has 2 unspecified atom stereocenters. The van der Waals surface area contributed by atoms with E-state index in [0.717, 1.165) is 39.3 Å². The Hall–Kier alpha value is -4.15. The van der Waals surface area contributed by atoms with Gasteiger partial charge in [-0.15, -0.1) is 0 Å². The SMILES string of the molecule is CC(c1cn(C(c2ccccc2)(c2ccccc2)c2ccccc2)cn1)c1cccc2c1OCCC2O. The number of para-hydroxylation sites is 1. The highest BCUT2D eigenvalue weighted by molar-refractivity contribution is 5.52. The van der Waals surface area contributed by atoms with Crippen molar-refractivity contribution in [2.24, 2.45) is 0 Å². The summed E-state index contributed by atoms with van der Waals surface area (Å²) in [6.07, 6.45) is 4.24. The third-order valence-corrected chi connectivity index (χ3v) is 7.55. The van der Waals surface area contributed by atoms with Gasteiger partial charge in [0.15, 0.2) is 0 Å². The fourth-order valence-electron chi connectivity index (χ4n) is 5.66. The average Bonchev–Trinajstić information content (AvgIpc) is 3.45. The summed E-state index contributed by atoms with van der Waals surface area (Å²) in [6, 6.07) is 37.9. The number of benzene rings is 4. The minimum Gasteiger partial charge on any atom is -0.493 e. The Morgan fingerprint density at radius 3 is 1.95 bits per heavy atom. The second kappa shape index (κ2) is 9.72. The van der Waals surface area contributed by atoms with Gasteiger partial charge in [0.1, 0.15) is 11.3 Å². The Morgan fingerprint density at radius 1 is 0.811 bits per heavy atom. The lowest BCUT2D eigenvalue weighted by Gasteiger charge is -2.37. The van der Waals surface area contributed by atoms with E-state index in [0.29, 0.717) is 13.0 Å². The van der Waals surface area contributed by atoms with Crippen molar-refractivity contribution in [2.75, 3.05) is 6.61 Å². The van der Waals surface area contributed by atoms with Gasteiger partial charge in [0.2, 0.25) is 0 Å². The number of ether oxygens (including phenoxy) is 1. The fourth-order valence-corrected chi connectivity index (χ4v) is 5.66. The van der Waals surface area contributed by atoms with Crippen molar-refractivity contribution < 1.29 is 9.84 Å². The summed E-state index contributed by atoms with van der Waals surface area (Å²) in [5.74, 6) is 0.783. The molecular formula is C33H30N2O2. The first kappa shape index (κ1) is 23.3. The maximum Gasteiger partial charge on any atom is 0.128 e. The number of aliphatic hydroxyl groups is 1. The van der Waals surface area contributed by atoms with E-state index in [1.165, 1.54) is 0 Å². The second-order valence-corrected chi connectivity index (χ2v) is 9.65. The number of aliphatic hydroxyl groups excluding tert-OH is 1. The molecule has 0 fully saturated rings. The molecule has 0 spiro atoms. The van der Waals surface area contributed by atoms with Crippen LogP contribution in [0.15, 0.2) is 122 Å². The summed E-state index contributed by atoms with van der Waals surface area (Å²) in [5, 5.41) is 10.5. The molecule has 0 saturated heterocycles. The van der Waals surface area contributed by atoms with Crippen molar-refractivity contribution >= 4 is 0 Å². The number of nitrogens with zero attached hydrogens (tertiary/aromatic N) is 2. The van der Waals surface area contributed by atoms with Gasteiger partial charge in [-0.25, -0.2) is 4.98 Å². The van der Waals surface area contributed by atoms with Crippen LogP contribution >= 0.6 is 0 Å². The Bertz CT molecular complexity index is 1380. The van der Waals surface area contributed by atoms with Crippen LogP contribution in [0.25, 0.3) is 0 Å². The van der Waals surface area contributed by atoms with Gasteiger partial charge >= 0.3 is 0 Å². The number of fused-ring (bicyclic) bond motifs is 1. The molecule has 4 nitrogen and oxygen atoms in total. The van der Waals surface area contributed by atoms with Crippen LogP contribution < -0.4 is 4.74 Å². The number of hydrogen-bond donors (Lipinski definition) is 1. The number of aromatic nitrogens is 2. The molecule has 0 radical (unpaired) electrons. The smallest absolute Gasteiger partial charge is 0.128 e. The predicted molar refractivity (Wildman–Crippen MR) is 146 cm³/mol. The topological polar surface area (TPSA) is 47.3 Å². The second-order valence-electron chi connectivity index (χ2n) is 9.65. The van der Waals surface area contributed by atoms with Gasteiger partial charge in [-0.1, -0.05) is 116 Å². The minimum absolute atomic E-state index is 0.0125. The third-order valence-electron chi connectivity index (χ3n) is 7.55. The maximum absolute atomic E-state index is 10.5. The fraction of sp³-hybridized carbons (Fsp3) is 0.182. The van der Waals surface area contributed by atoms with Crippen LogP contribution in [0.5, 0.6) is 5.75 Å². The van der Waals surface area contributed by atoms with E-state index in [1.807, 2.05) is 18.5 Å². The number of rotatable bonds is 6. The standard InChI is InChI=1S/C33H30N2O2/c1-24(28-18-11-19-29-31(36)20-21-37-32(28)29)30-22-35(23-34-30)33(25-12-5-2-6-13-25,26-14-7-3-8-15-26)27-16-9-4-10-17-27/h2-19,22-24,31,36H,20-21H2,1H3. The van der Waals surface area contributed by atoms with Crippen molar-refractivity contribution in [1.29, 1.82) is 0 Å². The van der Waals surface area contributed by atoms with E-state index in [4.69, 9.17) is 9.72 Å². The molecular weight excluding hydrogens is 456 g/mol. The molecule has 4 heteroatoms. The summed E-state index contributed by atoms with van der Waals surface area (Å²) in [5.41, 5.74) is 5.74. The zero-order chi connectivity index (χ0) is 25.2. The summed E-state index contributed by atoms with van der Waals surface area (Å²) in [7, 11) is 0. The zero-order valence-corrected chi connectivity index (χ0v) is 20.9. The van der Waals surface area contributed by atoms with E-state index in [1.54, 1.807) is 0 Å². The Kier molecular flexibility index (Phi) is 6.11. The molecule has 1 aromatic heterocycles. The van der Waals surface area contributed by atoms with Crippen molar-refractivity contribution in [3.63, 3.8) is 0 Å². The first-order valence-electron chi connectivity index (χ1n) is 12.8. The summed E-state index contributed by atoms with van der Waals surface area (Å²) in [4.78, 5) is 4.95. The first-order valence-corrected chi connectivity index (χ1v) is 12.8. The molecule has 1 aliphatic heterocycles. The molecule has 1 N–H and O–H groups in total. The maximum atomic E-state index is 10.5. The molecule has 0 bridgehead atoms. The molecule has 37 heavy (non-hydrogen) atoms. The van der Waals surface area contributed by atoms with Crippen LogP contribution in [0.4, 0.5) is 0 Å². The summed E-state index contributed by atoms with van der Waals surface area (Å²) < 4.78 is 8.30. The highest BCUT2D eigenvalue weighted by atomic mass is 16.5. The number of hydrogen-bond acceptors (Lipinski definition) is 3. The van der Waals surface area contributed by atoms with Crippen LogP contribution in [0.1, 0.15) is 58.9 Å². The van der Waals surface area contributed by atoms with Crippen LogP contribution in [-0.2, 0) is 5.54 Å². The van der Waals surface area contributed by atoms with Crippen molar-refractivity contribution in [3.8, 4) is 5.75 Å². The highest BCUT2D eigenvalue weighted by Gasteiger charge is 2.38. The van der Waals surface area contributed by atoms with Gasteiger partial charge in [-0.05, 0) is 16.7 Å². The lowest BCUT2D eigenvalue weighted by molar-refractivity contribution is 0.114. The highest BCUT2D eigenvalue weighted by Crippen LogP contribution is 2.43. The molecule has 0 aliphatic carbocycles. The molecule has 5 aromatic rings. The Labute approximate surface area is 217 Å². The first-order chi connectivity index (χ1) is 18.2. The molecule has 0 saturated carbocycles. The lowest BCUT2D eigenvalue weighted by Crippen LogP contribution is -2.37. The van der Waals surface area contributed by atoms with E-state index in [-0.39, 0.29) is 5.92 Å². The van der Waals surface area contributed by atoms with Gasteiger partial charge in [0.25, 0.3) is 0 Å². The van der Waals surface area contributed by atoms with Gasteiger partial charge in [-0.3, -0.25) is 0 Å². The van der Waals surface area contributed by atoms with E-state index in [2.05, 4.69) is 115 Å². The van der Waals surface area contributed by atoms with E-state index in [9.17, 15) is 5.11 Å². The van der Waals surface area contributed by atoms with Crippen molar-refractivity contribution in [3.05, 3.63) is 155 Å². The van der Waals surface area contributed by atoms with E-state index < -0.39 is 11.6 Å². The lowest BCUT2D eigenvalue weighted by atomic mass is 9.76. The normalized spacial score (nSPS) is 16.0. The average molecular weight is 487 g/mol. The summed E-state index contributed by atoms with van der Waals surface area (Å²) in [6.45, 7) is 2.67. The molecule has 2 atom stereocenters. The molecule has 184 valence electrons. The molecule has 0 amide bonds. The largest absolute Gasteiger partial charge is 0.493 e. The third kappa shape index (κ3) is 3.94. The Morgan fingerprint density at radius 2 is 1.38 bits per heavy atom. The van der Waals surface area contributed by atoms with E-state index >= 15 is 0 Å². The minimum atomic E-state index is -0.600. The van der Waals surface area contributed by atoms with Gasteiger partial charge < -0.3 is 14.4 Å². The molecule has 4 aromatic carbocycles. The zero-order valence-electron chi connectivity index (χ0n) is 20.9. The summed E-state index contributed by atoms with van der Waals surface area (Å²) >= 11 is 0. The molecule has 2 heterocycles. The quantitative estimate of drug-likeness (QED) is 0.272. The Balaban J connectivity index is 1.53. The van der Waals surface area contributed by atoms with Crippen LogP contribution in [0, 0.1) is 0 Å². The molecule has 1 aliphatic rings. The van der Waals surface area contributed by atoms with Gasteiger partial charge in [-0.2, -0.15) is 0 Å². The van der Waals surface area contributed by atoms with Gasteiger partial charge in [0.05, 0.1) is 24.7 Å². The van der Waals surface area contributed by atoms with Crippen molar-refractivity contribution in [1.82, 2.24) is 9.55 Å². The molecule has 6 rings (SSSR count).